The minimum Gasteiger partial charge on any atom is -0.395 e. The largest absolute Gasteiger partial charge is 0.395 e. The van der Waals surface area contributed by atoms with E-state index in [0.29, 0.717) is 0 Å². The molecule has 100 valence electrons. The molecular weight excluding hydrogens is 284 g/mol. The van der Waals surface area contributed by atoms with Crippen LogP contribution in [-0.4, -0.2) is 43.0 Å². The fourth-order valence-electron chi connectivity index (χ4n) is 1.24. The van der Waals surface area contributed by atoms with Gasteiger partial charge in [0.1, 0.15) is 4.90 Å². The van der Waals surface area contributed by atoms with Crippen LogP contribution in [0.4, 0.5) is 5.69 Å². The topological polar surface area (TPSA) is 101 Å². The van der Waals surface area contributed by atoms with Crippen LogP contribution in [0.25, 0.3) is 0 Å². The lowest BCUT2D eigenvalue weighted by Crippen LogP contribution is -2.29. The van der Waals surface area contributed by atoms with Gasteiger partial charge in [0.2, 0.25) is 10.0 Å². The molecule has 7 nitrogen and oxygen atoms in total. The van der Waals surface area contributed by atoms with Crippen molar-refractivity contribution < 1.29 is 18.4 Å². The van der Waals surface area contributed by atoms with Gasteiger partial charge in [-0.3, -0.25) is 10.1 Å². The van der Waals surface area contributed by atoms with Crippen molar-refractivity contribution in [2.24, 2.45) is 0 Å². The summed E-state index contributed by atoms with van der Waals surface area (Å²) in [6, 6.07) is 3.11. The Labute approximate surface area is 109 Å². The van der Waals surface area contributed by atoms with Gasteiger partial charge in [0.05, 0.1) is 16.6 Å². The van der Waals surface area contributed by atoms with Crippen LogP contribution in [0.3, 0.4) is 0 Å². The molecule has 0 amide bonds. The number of likely N-dealkylation sites (N-methyl/N-ethyl adjacent to an activating group) is 1. The number of halogens is 1. The van der Waals surface area contributed by atoms with E-state index < -0.39 is 14.9 Å². The van der Waals surface area contributed by atoms with Crippen molar-refractivity contribution in [1.82, 2.24) is 4.31 Å². The van der Waals surface area contributed by atoms with Crippen LogP contribution in [0, 0.1) is 10.1 Å². The zero-order valence-corrected chi connectivity index (χ0v) is 11.0. The lowest BCUT2D eigenvalue weighted by Gasteiger charge is -2.16. The third-order valence-corrected chi connectivity index (χ3v) is 4.57. The summed E-state index contributed by atoms with van der Waals surface area (Å²) in [7, 11) is -2.57. The number of sulfonamides is 1. The van der Waals surface area contributed by atoms with Crippen LogP contribution >= 0.6 is 11.6 Å². The van der Waals surface area contributed by atoms with E-state index in [9.17, 15) is 18.5 Å². The molecule has 0 radical (unpaired) electrons. The molecule has 0 atom stereocenters. The van der Waals surface area contributed by atoms with E-state index in [1.807, 2.05) is 0 Å². The zero-order valence-electron chi connectivity index (χ0n) is 9.41. The highest BCUT2D eigenvalue weighted by atomic mass is 35.5. The van der Waals surface area contributed by atoms with Crippen LogP contribution in [0.15, 0.2) is 23.1 Å². The zero-order chi connectivity index (χ0) is 13.9. The van der Waals surface area contributed by atoms with Gasteiger partial charge in [0.15, 0.2) is 0 Å². The summed E-state index contributed by atoms with van der Waals surface area (Å²) in [5.41, 5.74) is -0.288. The summed E-state index contributed by atoms with van der Waals surface area (Å²) in [6.07, 6.45) is 0. The molecule has 9 heteroatoms. The minimum atomic E-state index is -3.86. The summed E-state index contributed by atoms with van der Waals surface area (Å²) < 4.78 is 24.9. The van der Waals surface area contributed by atoms with E-state index in [4.69, 9.17) is 16.7 Å². The number of rotatable bonds is 5. The first kappa shape index (κ1) is 14.8. The molecule has 0 bridgehead atoms. The Balaban J connectivity index is 3.22. The maximum atomic E-state index is 12.0. The smallest absolute Gasteiger partial charge is 0.271 e. The van der Waals surface area contributed by atoms with E-state index in [-0.39, 0.29) is 28.8 Å². The summed E-state index contributed by atoms with van der Waals surface area (Å²) in [4.78, 5) is 9.61. The maximum absolute atomic E-state index is 12.0. The van der Waals surface area contributed by atoms with Crippen molar-refractivity contribution in [2.45, 2.75) is 4.90 Å². The van der Waals surface area contributed by atoms with E-state index in [1.165, 1.54) is 7.05 Å². The first-order chi connectivity index (χ1) is 8.30. The van der Waals surface area contributed by atoms with Crippen LogP contribution < -0.4 is 0 Å². The average molecular weight is 295 g/mol. The number of hydrogen-bond acceptors (Lipinski definition) is 5. The number of nitro groups is 1. The fourth-order valence-corrected chi connectivity index (χ4v) is 2.91. The third kappa shape index (κ3) is 2.96. The van der Waals surface area contributed by atoms with Crippen molar-refractivity contribution in [3.8, 4) is 0 Å². The predicted molar refractivity (Wildman–Crippen MR) is 65.0 cm³/mol. The fraction of sp³-hybridized carbons (Fsp3) is 0.333. The minimum absolute atomic E-state index is 0.0876. The Hall–Kier alpha value is -1.22. The Morgan fingerprint density at radius 2 is 2.11 bits per heavy atom. The number of benzene rings is 1. The van der Waals surface area contributed by atoms with E-state index in [0.717, 1.165) is 22.5 Å². The quantitative estimate of drug-likeness (QED) is 0.641. The number of aliphatic hydroxyl groups is 1. The second-order valence-electron chi connectivity index (χ2n) is 3.42. The highest BCUT2D eigenvalue weighted by Gasteiger charge is 2.24. The van der Waals surface area contributed by atoms with Gasteiger partial charge in [0.25, 0.3) is 5.69 Å². The standard InChI is InChI=1S/C9H11ClN2O5S/c1-11(4-5-13)18(16,17)9-3-2-7(12(14)15)6-8(9)10/h2-3,6,13H,4-5H2,1H3. The molecule has 0 aliphatic rings. The van der Waals surface area contributed by atoms with Gasteiger partial charge in [-0.1, -0.05) is 11.6 Å². The molecule has 0 aliphatic heterocycles. The maximum Gasteiger partial charge on any atom is 0.271 e. The lowest BCUT2D eigenvalue weighted by molar-refractivity contribution is -0.384. The number of aliphatic hydroxyl groups excluding tert-OH is 1. The molecule has 1 N–H and O–H groups in total. The number of nitro benzene ring substituents is 1. The second kappa shape index (κ2) is 5.61. The van der Waals surface area contributed by atoms with Crippen LogP contribution in [0.2, 0.25) is 5.02 Å². The Morgan fingerprint density at radius 3 is 2.56 bits per heavy atom. The molecule has 0 heterocycles. The summed E-state index contributed by atoms with van der Waals surface area (Å²) in [6.45, 7) is -0.421. The van der Waals surface area contributed by atoms with E-state index in [1.54, 1.807) is 0 Å². The van der Waals surface area contributed by atoms with Crippen LogP contribution in [0.5, 0.6) is 0 Å². The van der Waals surface area contributed by atoms with E-state index >= 15 is 0 Å². The Kier molecular flexibility index (Phi) is 4.63. The molecule has 0 fully saturated rings. The van der Waals surface area contributed by atoms with Crippen molar-refractivity contribution >= 4 is 27.3 Å². The molecule has 0 unspecified atom stereocenters. The highest BCUT2D eigenvalue weighted by molar-refractivity contribution is 7.89. The van der Waals surface area contributed by atoms with Gasteiger partial charge in [-0.05, 0) is 6.07 Å². The molecule has 0 saturated heterocycles. The molecule has 0 saturated carbocycles. The van der Waals surface area contributed by atoms with Gasteiger partial charge in [-0.2, -0.15) is 4.31 Å². The summed E-state index contributed by atoms with van der Waals surface area (Å²) in [5.74, 6) is 0. The normalized spacial score (nSPS) is 11.8. The van der Waals surface area contributed by atoms with Crippen LogP contribution in [-0.2, 0) is 10.0 Å². The molecule has 1 rings (SSSR count). The molecule has 0 aliphatic carbocycles. The van der Waals surface area contributed by atoms with Crippen molar-refractivity contribution in [2.75, 3.05) is 20.2 Å². The van der Waals surface area contributed by atoms with Gasteiger partial charge in [-0.15, -0.1) is 0 Å². The van der Waals surface area contributed by atoms with Gasteiger partial charge < -0.3 is 5.11 Å². The van der Waals surface area contributed by atoms with Crippen molar-refractivity contribution in [3.63, 3.8) is 0 Å². The van der Waals surface area contributed by atoms with Gasteiger partial charge >= 0.3 is 0 Å². The average Bonchev–Trinajstić information content (AvgIpc) is 2.28. The molecular formula is C9H11ClN2O5S. The number of non-ortho nitro benzene ring substituents is 1. The Bertz CT molecular complexity index is 560. The number of nitrogens with zero attached hydrogens (tertiary/aromatic N) is 2. The molecule has 18 heavy (non-hydrogen) atoms. The predicted octanol–water partition coefficient (Wildman–Crippen LogP) is 0.861. The van der Waals surface area contributed by atoms with Crippen LogP contribution in [0.1, 0.15) is 0 Å². The van der Waals surface area contributed by atoms with Crippen molar-refractivity contribution in [3.05, 3.63) is 33.3 Å². The summed E-state index contributed by atoms with van der Waals surface area (Å²) >= 11 is 5.73. The third-order valence-electron chi connectivity index (χ3n) is 2.23. The molecule has 0 aromatic heterocycles. The first-order valence-corrected chi connectivity index (χ1v) is 6.63. The summed E-state index contributed by atoms with van der Waals surface area (Å²) in [5, 5.41) is 19.0. The van der Waals surface area contributed by atoms with Crippen molar-refractivity contribution in [1.29, 1.82) is 0 Å². The highest BCUT2D eigenvalue weighted by Crippen LogP contribution is 2.27. The first-order valence-electron chi connectivity index (χ1n) is 4.82. The van der Waals surface area contributed by atoms with E-state index in [2.05, 4.69) is 0 Å². The molecule has 1 aromatic carbocycles. The molecule has 0 spiro atoms. The molecule has 1 aromatic rings. The monoisotopic (exact) mass is 294 g/mol. The Morgan fingerprint density at radius 1 is 1.50 bits per heavy atom. The van der Waals surface area contributed by atoms with Gasteiger partial charge in [0, 0.05) is 25.7 Å². The van der Waals surface area contributed by atoms with Gasteiger partial charge in [-0.25, -0.2) is 8.42 Å². The number of hydrogen-bond donors (Lipinski definition) is 1. The second-order valence-corrected chi connectivity index (χ2v) is 5.84. The lowest BCUT2D eigenvalue weighted by atomic mass is 10.3. The SMILES string of the molecule is CN(CCO)S(=O)(=O)c1ccc([N+](=O)[O-])cc1Cl.